The Balaban J connectivity index is 1.36. The monoisotopic (exact) mass is 407 g/mol. The van der Waals surface area contributed by atoms with Gasteiger partial charge in [0.05, 0.1) is 0 Å². The quantitative estimate of drug-likeness (QED) is 0.606. The molecule has 1 aliphatic rings. The summed E-state index contributed by atoms with van der Waals surface area (Å²) in [5, 5.41) is 0.808. The SMILES string of the molecule is CC(Oc1ccc2ccc(=O)oc2c1)C(=O)N1CCCN(Cc2ccncc2)CC1. The van der Waals surface area contributed by atoms with Crippen molar-refractivity contribution < 1.29 is 13.9 Å². The predicted molar refractivity (Wildman–Crippen MR) is 113 cm³/mol. The van der Waals surface area contributed by atoms with Gasteiger partial charge in [0.1, 0.15) is 11.3 Å². The molecule has 0 spiro atoms. The molecular formula is C23H25N3O4. The van der Waals surface area contributed by atoms with Crippen LogP contribution in [0.2, 0.25) is 0 Å². The maximum Gasteiger partial charge on any atom is 0.336 e. The van der Waals surface area contributed by atoms with Gasteiger partial charge in [-0.2, -0.15) is 0 Å². The Morgan fingerprint density at radius 1 is 1.10 bits per heavy atom. The van der Waals surface area contributed by atoms with Crippen LogP contribution in [0.4, 0.5) is 0 Å². The summed E-state index contributed by atoms with van der Waals surface area (Å²) in [6.45, 7) is 5.77. The molecule has 1 aliphatic heterocycles. The number of amides is 1. The molecule has 1 aromatic carbocycles. The van der Waals surface area contributed by atoms with Crippen molar-refractivity contribution in [3.63, 3.8) is 0 Å². The highest BCUT2D eigenvalue weighted by atomic mass is 16.5. The van der Waals surface area contributed by atoms with Crippen LogP contribution in [0.1, 0.15) is 18.9 Å². The minimum absolute atomic E-state index is 0.0321. The van der Waals surface area contributed by atoms with E-state index in [1.54, 1.807) is 37.5 Å². The van der Waals surface area contributed by atoms with Crippen LogP contribution in [0, 0.1) is 0 Å². The lowest BCUT2D eigenvalue weighted by Crippen LogP contribution is -2.42. The molecule has 3 aromatic rings. The number of hydrogen-bond donors (Lipinski definition) is 0. The Kier molecular flexibility index (Phi) is 6.09. The lowest BCUT2D eigenvalue weighted by molar-refractivity contribution is -0.137. The van der Waals surface area contributed by atoms with Gasteiger partial charge in [-0.3, -0.25) is 14.7 Å². The number of benzene rings is 1. The molecule has 0 bridgehead atoms. The van der Waals surface area contributed by atoms with Crippen LogP contribution in [-0.2, 0) is 11.3 Å². The molecule has 30 heavy (non-hydrogen) atoms. The fraction of sp³-hybridized carbons (Fsp3) is 0.348. The number of ether oxygens (including phenoxy) is 1. The Labute approximate surface area is 174 Å². The Bertz CT molecular complexity index is 1070. The van der Waals surface area contributed by atoms with Gasteiger partial charge in [0.2, 0.25) is 0 Å². The van der Waals surface area contributed by atoms with Crippen LogP contribution in [0.5, 0.6) is 5.75 Å². The van der Waals surface area contributed by atoms with Crippen molar-refractivity contribution in [2.75, 3.05) is 26.2 Å². The first-order valence-corrected chi connectivity index (χ1v) is 10.2. The zero-order chi connectivity index (χ0) is 20.9. The molecule has 0 aliphatic carbocycles. The molecule has 0 N–H and O–H groups in total. The first-order chi connectivity index (χ1) is 14.6. The van der Waals surface area contributed by atoms with E-state index in [0.717, 1.165) is 31.4 Å². The van der Waals surface area contributed by atoms with Crippen LogP contribution in [0.15, 0.2) is 64.1 Å². The van der Waals surface area contributed by atoms with Gasteiger partial charge < -0.3 is 14.1 Å². The molecule has 156 valence electrons. The second kappa shape index (κ2) is 9.09. The van der Waals surface area contributed by atoms with E-state index in [0.29, 0.717) is 24.4 Å². The van der Waals surface area contributed by atoms with Crippen LogP contribution < -0.4 is 10.4 Å². The van der Waals surface area contributed by atoms with E-state index >= 15 is 0 Å². The van der Waals surface area contributed by atoms with Crippen LogP contribution in [-0.4, -0.2) is 53.0 Å². The van der Waals surface area contributed by atoms with Crippen molar-refractivity contribution in [2.24, 2.45) is 0 Å². The maximum absolute atomic E-state index is 12.9. The van der Waals surface area contributed by atoms with E-state index in [1.807, 2.05) is 23.1 Å². The first-order valence-electron chi connectivity index (χ1n) is 10.2. The first kappa shape index (κ1) is 20.1. The van der Waals surface area contributed by atoms with Gasteiger partial charge in [-0.15, -0.1) is 0 Å². The van der Waals surface area contributed by atoms with E-state index < -0.39 is 11.7 Å². The van der Waals surface area contributed by atoms with Gasteiger partial charge >= 0.3 is 5.63 Å². The van der Waals surface area contributed by atoms with Crippen LogP contribution in [0.3, 0.4) is 0 Å². The van der Waals surface area contributed by atoms with E-state index in [4.69, 9.17) is 9.15 Å². The molecule has 7 nitrogen and oxygen atoms in total. The van der Waals surface area contributed by atoms with E-state index in [9.17, 15) is 9.59 Å². The summed E-state index contributed by atoms with van der Waals surface area (Å²) in [7, 11) is 0. The van der Waals surface area contributed by atoms with Gasteiger partial charge in [0.25, 0.3) is 5.91 Å². The number of aromatic nitrogens is 1. The number of rotatable bonds is 5. The van der Waals surface area contributed by atoms with E-state index in [2.05, 4.69) is 9.88 Å². The minimum atomic E-state index is -0.621. The Hall–Kier alpha value is -3.19. The largest absolute Gasteiger partial charge is 0.481 e. The highest BCUT2D eigenvalue weighted by molar-refractivity contribution is 5.81. The number of carbonyl (C=O) groups excluding carboxylic acids is 1. The molecule has 7 heteroatoms. The summed E-state index contributed by atoms with van der Waals surface area (Å²) < 4.78 is 11.1. The van der Waals surface area contributed by atoms with Crippen LogP contribution in [0.25, 0.3) is 11.0 Å². The molecular weight excluding hydrogens is 382 g/mol. The number of nitrogens with zero attached hydrogens (tertiary/aromatic N) is 3. The molecule has 4 rings (SSSR count). The normalized spacial score (nSPS) is 16.2. The fourth-order valence-corrected chi connectivity index (χ4v) is 3.72. The number of fused-ring (bicyclic) bond motifs is 1. The van der Waals surface area contributed by atoms with Crippen molar-refractivity contribution >= 4 is 16.9 Å². The zero-order valence-corrected chi connectivity index (χ0v) is 17.0. The summed E-state index contributed by atoms with van der Waals surface area (Å²) >= 11 is 0. The van der Waals surface area contributed by atoms with Gasteiger partial charge in [-0.25, -0.2) is 4.79 Å². The highest BCUT2D eigenvalue weighted by Crippen LogP contribution is 2.21. The predicted octanol–water partition coefficient (Wildman–Crippen LogP) is 2.69. The van der Waals surface area contributed by atoms with Crippen molar-refractivity contribution in [3.05, 3.63) is 70.8 Å². The lowest BCUT2D eigenvalue weighted by Gasteiger charge is -2.25. The van der Waals surface area contributed by atoms with Gasteiger partial charge in [-0.05, 0) is 49.2 Å². The average Bonchev–Trinajstić information content (AvgIpc) is 2.99. The summed E-state index contributed by atoms with van der Waals surface area (Å²) in [4.78, 5) is 32.7. The standard InChI is InChI=1S/C23H25N3O4/c1-17(29-20-5-3-19-4-6-22(27)30-21(19)15-20)23(28)26-12-2-11-25(13-14-26)16-18-7-9-24-10-8-18/h3-10,15,17H,2,11-14,16H2,1H3. The lowest BCUT2D eigenvalue weighted by atomic mass is 10.2. The molecule has 1 fully saturated rings. The molecule has 1 amide bonds. The van der Waals surface area contributed by atoms with Crippen molar-refractivity contribution in [1.82, 2.24) is 14.8 Å². The molecule has 0 saturated carbocycles. The average molecular weight is 407 g/mol. The van der Waals surface area contributed by atoms with Gasteiger partial charge in [0.15, 0.2) is 6.10 Å². The van der Waals surface area contributed by atoms with E-state index in [-0.39, 0.29) is 5.91 Å². The smallest absolute Gasteiger partial charge is 0.336 e. The molecule has 1 unspecified atom stereocenters. The summed E-state index contributed by atoms with van der Waals surface area (Å²) in [6.07, 6.45) is 3.91. The highest BCUT2D eigenvalue weighted by Gasteiger charge is 2.24. The number of hydrogen-bond acceptors (Lipinski definition) is 6. The zero-order valence-electron chi connectivity index (χ0n) is 17.0. The fourth-order valence-electron chi connectivity index (χ4n) is 3.72. The second-order valence-electron chi connectivity index (χ2n) is 7.52. The number of pyridine rings is 1. The molecule has 0 radical (unpaired) electrons. The third-order valence-corrected chi connectivity index (χ3v) is 5.31. The van der Waals surface area contributed by atoms with Crippen molar-refractivity contribution in [2.45, 2.75) is 26.0 Å². The summed E-state index contributed by atoms with van der Waals surface area (Å²) in [5.74, 6) is 0.474. The summed E-state index contributed by atoms with van der Waals surface area (Å²) in [6, 6.07) is 12.4. The molecule has 3 heterocycles. The molecule has 1 saturated heterocycles. The van der Waals surface area contributed by atoms with Crippen LogP contribution >= 0.6 is 0 Å². The van der Waals surface area contributed by atoms with E-state index in [1.165, 1.54) is 11.6 Å². The molecule has 2 aromatic heterocycles. The maximum atomic E-state index is 12.9. The third kappa shape index (κ3) is 4.86. The van der Waals surface area contributed by atoms with Gasteiger partial charge in [0, 0.05) is 62.6 Å². The number of carbonyl (C=O) groups is 1. The minimum Gasteiger partial charge on any atom is -0.481 e. The Morgan fingerprint density at radius 2 is 1.90 bits per heavy atom. The van der Waals surface area contributed by atoms with Crippen molar-refractivity contribution in [1.29, 1.82) is 0 Å². The third-order valence-electron chi connectivity index (χ3n) is 5.31. The Morgan fingerprint density at radius 3 is 2.73 bits per heavy atom. The summed E-state index contributed by atoms with van der Waals surface area (Å²) in [5.41, 5.74) is 1.26. The topological polar surface area (TPSA) is 75.9 Å². The van der Waals surface area contributed by atoms with Crippen molar-refractivity contribution in [3.8, 4) is 5.75 Å². The van der Waals surface area contributed by atoms with Gasteiger partial charge in [-0.1, -0.05) is 0 Å². The second-order valence-corrected chi connectivity index (χ2v) is 7.52. The molecule has 1 atom stereocenters.